The SMILES string of the molecule is c1ccc(-c2nccc3cnc(Nc4ccc(N5CCOCC5)cc4)nc23)nc1. The first-order valence-electron chi connectivity index (χ1n) is 9.60. The summed E-state index contributed by atoms with van der Waals surface area (Å²) in [5, 5.41) is 4.22. The van der Waals surface area contributed by atoms with Gasteiger partial charge in [-0.05, 0) is 42.5 Å². The lowest BCUT2D eigenvalue weighted by molar-refractivity contribution is 0.122. The normalized spacial score (nSPS) is 14.1. The standard InChI is InChI=1S/C22H20N6O/c1-2-9-23-19(3-1)21-20-16(8-10-24-21)15-25-22(27-20)26-17-4-6-18(7-5-17)28-11-13-29-14-12-28/h1-10,15H,11-14H2,(H,25,26,27). The van der Waals surface area contributed by atoms with E-state index in [9.17, 15) is 0 Å². The Morgan fingerprint density at radius 2 is 1.72 bits per heavy atom. The molecular formula is C22H20N6O. The molecule has 0 unspecified atom stereocenters. The third kappa shape index (κ3) is 3.72. The molecule has 1 fully saturated rings. The third-order valence-corrected chi connectivity index (χ3v) is 4.91. The van der Waals surface area contributed by atoms with Gasteiger partial charge in [0, 0.05) is 48.4 Å². The van der Waals surface area contributed by atoms with Crippen molar-refractivity contribution in [1.29, 1.82) is 0 Å². The van der Waals surface area contributed by atoms with Crippen LogP contribution >= 0.6 is 0 Å². The van der Waals surface area contributed by atoms with Crippen molar-refractivity contribution in [1.82, 2.24) is 19.9 Å². The van der Waals surface area contributed by atoms with Crippen molar-refractivity contribution in [2.75, 3.05) is 36.5 Å². The number of morpholine rings is 1. The zero-order valence-electron chi connectivity index (χ0n) is 15.8. The van der Waals surface area contributed by atoms with Gasteiger partial charge in [0.25, 0.3) is 0 Å². The van der Waals surface area contributed by atoms with Crippen LogP contribution < -0.4 is 10.2 Å². The van der Waals surface area contributed by atoms with E-state index >= 15 is 0 Å². The van der Waals surface area contributed by atoms with Gasteiger partial charge in [-0.25, -0.2) is 9.97 Å². The van der Waals surface area contributed by atoms with Crippen molar-refractivity contribution in [3.63, 3.8) is 0 Å². The van der Waals surface area contributed by atoms with Crippen molar-refractivity contribution >= 4 is 28.2 Å². The molecule has 0 atom stereocenters. The molecule has 29 heavy (non-hydrogen) atoms. The first kappa shape index (κ1) is 17.5. The van der Waals surface area contributed by atoms with E-state index in [1.807, 2.05) is 36.4 Å². The van der Waals surface area contributed by atoms with Gasteiger partial charge in [-0.2, -0.15) is 0 Å². The van der Waals surface area contributed by atoms with E-state index in [4.69, 9.17) is 9.72 Å². The molecule has 1 N–H and O–H groups in total. The van der Waals surface area contributed by atoms with Crippen molar-refractivity contribution in [3.05, 3.63) is 67.1 Å². The van der Waals surface area contributed by atoms with Crippen LogP contribution in [0.5, 0.6) is 0 Å². The lowest BCUT2D eigenvalue weighted by atomic mass is 10.2. The van der Waals surface area contributed by atoms with Crippen LogP contribution in [0.15, 0.2) is 67.1 Å². The van der Waals surface area contributed by atoms with Gasteiger partial charge in [0.05, 0.1) is 18.9 Å². The molecule has 1 aliphatic heterocycles. The fourth-order valence-electron chi connectivity index (χ4n) is 3.41. The Morgan fingerprint density at radius 1 is 0.862 bits per heavy atom. The predicted octanol–water partition coefficient (Wildman–Crippen LogP) is 3.67. The minimum Gasteiger partial charge on any atom is -0.378 e. The molecule has 7 heteroatoms. The van der Waals surface area contributed by atoms with Crippen LogP contribution in [-0.4, -0.2) is 46.2 Å². The molecule has 0 radical (unpaired) electrons. The number of pyridine rings is 2. The van der Waals surface area contributed by atoms with Gasteiger partial charge in [-0.1, -0.05) is 6.07 Å². The second-order valence-corrected chi connectivity index (χ2v) is 6.78. The highest BCUT2D eigenvalue weighted by molar-refractivity contribution is 5.90. The minimum absolute atomic E-state index is 0.529. The maximum atomic E-state index is 5.42. The zero-order valence-corrected chi connectivity index (χ0v) is 15.8. The molecule has 7 nitrogen and oxygen atoms in total. The number of anilines is 3. The summed E-state index contributed by atoms with van der Waals surface area (Å²) in [5.74, 6) is 0.529. The van der Waals surface area contributed by atoms with Crippen molar-refractivity contribution in [2.24, 2.45) is 0 Å². The summed E-state index contributed by atoms with van der Waals surface area (Å²) in [7, 11) is 0. The van der Waals surface area contributed by atoms with Gasteiger partial charge in [0.2, 0.25) is 5.95 Å². The number of nitrogens with one attached hydrogen (secondary N) is 1. The molecule has 0 aliphatic carbocycles. The lowest BCUT2D eigenvalue weighted by Gasteiger charge is -2.28. The van der Waals surface area contributed by atoms with Gasteiger partial charge in [0.1, 0.15) is 11.2 Å². The lowest BCUT2D eigenvalue weighted by Crippen LogP contribution is -2.36. The first-order valence-corrected chi connectivity index (χ1v) is 9.60. The molecule has 0 bridgehead atoms. The summed E-state index contributed by atoms with van der Waals surface area (Å²) >= 11 is 0. The minimum atomic E-state index is 0.529. The van der Waals surface area contributed by atoms with Crippen LogP contribution in [0.1, 0.15) is 0 Å². The van der Waals surface area contributed by atoms with Gasteiger partial charge < -0.3 is 15.0 Å². The van der Waals surface area contributed by atoms with Crippen LogP contribution in [-0.2, 0) is 4.74 Å². The van der Waals surface area contributed by atoms with E-state index in [1.165, 1.54) is 5.69 Å². The smallest absolute Gasteiger partial charge is 0.227 e. The van der Waals surface area contributed by atoms with Gasteiger partial charge in [-0.3, -0.25) is 9.97 Å². The van der Waals surface area contributed by atoms with Crippen LogP contribution in [0.4, 0.5) is 17.3 Å². The highest BCUT2D eigenvalue weighted by Gasteiger charge is 2.12. The summed E-state index contributed by atoms with van der Waals surface area (Å²) in [6.07, 6.45) is 5.32. The summed E-state index contributed by atoms with van der Waals surface area (Å²) < 4.78 is 5.42. The molecule has 1 aliphatic rings. The molecule has 0 saturated carbocycles. The fraction of sp³-hybridized carbons (Fsp3) is 0.182. The molecule has 4 aromatic rings. The number of hydrogen-bond acceptors (Lipinski definition) is 7. The summed E-state index contributed by atoms with van der Waals surface area (Å²) in [6.45, 7) is 3.39. The van der Waals surface area contributed by atoms with Gasteiger partial charge >= 0.3 is 0 Å². The number of hydrogen-bond donors (Lipinski definition) is 1. The number of aromatic nitrogens is 4. The summed E-state index contributed by atoms with van der Waals surface area (Å²) in [6, 6.07) is 16.0. The van der Waals surface area contributed by atoms with Crippen LogP contribution in [0, 0.1) is 0 Å². The average molecular weight is 384 g/mol. The second kappa shape index (κ2) is 7.81. The molecule has 144 valence electrons. The summed E-state index contributed by atoms with van der Waals surface area (Å²) in [4.78, 5) is 20.4. The van der Waals surface area contributed by atoms with E-state index in [0.29, 0.717) is 5.95 Å². The predicted molar refractivity (Wildman–Crippen MR) is 113 cm³/mol. The Bertz CT molecular complexity index is 1110. The Hall–Kier alpha value is -3.58. The maximum Gasteiger partial charge on any atom is 0.227 e. The van der Waals surface area contributed by atoms with E-state index in [0.717, 1.165) is 54.3 Å². The van der Waals surface area contributed by atoms with E-state index < -0.39 is 0 Å². The van der Waals surface area contributed by atoms with Crippen molar-refractivity contribution in [2.45, 2.75) is 0 Å². The second-order valence-electron chi connectivity index (χ2n) is 6.78. The van der Waals surface area contributed by atoms with E-state index in [1.54, 1.807) is 18.6 Å². The van der Waals surface area contributed by atoms with E-state index in [2.05, 4.69) is 37.3 Å². The summed E-state index contributed by atoms with van der Waals surface area (Å²) in [5.41, 5.74) is 4.44. The highest BCUT2D eigenvalue weighted by atomic mass is 16.5. The Morgan fingerprint density at radius 3 is 2.52 bits per heavy atom. The van der Waals surface area contributed by atoms with Crippen molar-refractivity contribution < 1.29 is 4.74 Å². The third-order valence-electron chi connectivity index (χ3n) is 4.91. The fourth-order valence-corrected chi connectivity index (χ4v) is 3.41. The molecule has 5 rings (SSSR count). The molecular weight excluding hydrogens is 364 g/mol. The first-order chi connectivity index (χ1) is 14.4. The highest BCUT2D eigenvalue weighted by Crippen LogP contribution is 2.25. The van der Waals surface area contributed by atoms with Gasteiger partial charge in [0.15, 0.2) is 0 Å². The molecule has 1 aromatic carbocycles. The van der Waals surface area contributed by atoms with Crippen LogP contribution in [0.3, 0.4) is 0 Å². The Labute approximate surface area is 168 Å². The number of nitrogens with zero attached hydrogens (tertiary/aromatic N) is 5. The van der Waals surface area contributed by atoms with E-state index in [-0.39, 0.29) is 0 Å². The molecule has 0 amide bonds. The molecule has 0 spiro atoms. The molecule has 1 saturated heterocycles. The molecule has 3 aromatic heterocycles. The number of fused-ring (bicyclic) bond motifs is 1. The van der Waals surface area contributed by atoms with Crippen LogP contribution in [0.25, 0.3) is 22.3 Å². The number of benzene rings is 1. The Kier molecular flexibility index (Phi) is 4.72. The number of rotatable bonds is 4. The maximum absolute atomic E-state index is 5.42. The monoisotopic (exact) mass is 384 g/mol. The van der Waals surface area contributed by atoms with Gasteiger partial charge in [-0.15, -0.1) is 0 Å². The zero-order chi connectivity index (χ0) is 19.5. The topological polar surface area (TPSA) is 76.1 Å². The quantitative estimate of drug-likeness (QED) is 0.575. The van der Waals surface area contributed by atoms with Crippen molar-refractivity contribution in [3.8, 4) is 11.4 Å². The van der Waals surface area contributed by atoms with Crippen LogP contribution in [0.2, 0.25) is 0 Å². The largest absolute Gasteiger partial charge is 0.378 e. The Balaban J connectivity index is 1.42. The average Bonchev–Trinajstić information content (AvgIpc) is 2.80. The number of ether oxygens (including phenoxy) is 1. The molecule has 4 heterocycles.